The van der Waals surface area contributed by atoms with Gasteiger partial charge in [0.25, 0.3) is 0 Å². The number of hydrogen-bond donors (Lipinski definition) is 1. The van der Waals surface area contributed by atoms with E-state index in [4.69, 9.17) is 10.5 Å². The third-order valence-corrected chi connectivity index (χ3v) is 4.95. The van der Waals surface area contributed by atoms with E-state index in [1.807, 2.05) is 10.6 Å². The summed E-state index contributed by atoms with van der Waals surface area (Å²) in [5.74, 6) is 0.146. The van der Waals surface area contributed by atoms with Crippen molar-refractivity contribution >= 4 is 44.2 Å². The van der Waals surface area contributed by atoms with Crippen LogP contribution in [0.2, 0.25) is 0 Å². The number of aromatic nitrogens is 2. The van der Waals surface area contributed by atoms with Crippen LogP contribution in [0.3, 0.4) is 0 Å². The molecule has 4 nitrogen and oxygen atoms in total. The number of imidazole rings is 1. The zero-order valence-electron chi connectivity index (χ0n) is 11.3. The molecule has 0 aliphatic carbocycles. The number of anilines is 1. The average molecular weight is 370 g/mol. The Balaban J connectivity index is 1.95. The maximum Gasteiger partial charge on any atom is 0.201 e. The molecule has 0 radical (unpaired) electrons. The van der Waals surface area contributed by atoms with Crippen molar-refractivity contribution in [2.45, 2.75) is 13.0 Å². The molecule has 0 spiro atoms. The maximum atomic E-state index is 13.7. The minimum atomic E-state index is -0.433. The molecule has 2 aromatic heterocycles. The van der Waals surface area contributed by atoms with Gasteiger partial charge in [0.05, 0.1) is 21.9 Å². The van der Waals surface area contributed by atoms with E-state index in [2.05, 4.69) is 27.0 Å². The monoisotopic (exact) mass is 369 g/mol. The van der Waals surface area contributed by atoms with E-state index < -0.39 is 5.82 Å². The Morgan fingerprint density at radius 3 is 2.90 bits per heavy atom. The molecule has 0 saturated carbocycles. The molecule has 0 aliphatic heterocycles. The number of aryl methyl sites for hydroxylation is 2. The van der Waals surface area contributed by atoms with Crippen molar-refractivity contribution in [3.8, 4) is 5.75 Å². The van der Waals surface area contributed by atoms with Crippen LogP contribution in [0.15, 0.2) is 28.1 Å². The number of fused-ring (bicyclic) bond motifs is 1. The second-order valence-electron chi connectivity index (χ2n) is 4.55. The fourth-order valence-electron chi connectivity index (χ4n) is 2.24. The van der Waals surface area contributed by atoms with Crippen LogP contribution in [0, 0.1) is 5.82 Å². The second-order valence-corrected chi connectivity index (χ2v) is 7.10. The van der Waals surface area contributed by atoms with Gasteiger partial charge in [0.1, 0.15) is 0 Å². The van der Waals surface area contributed by atoms with Crippen molar-refractivity contribution in [2.75, 3.05) is 12.8 Å². The molecule has 0 saturated heterocycles. The van der Waals surface area contributed by atoms with Crippen LogP contribution in [-0.4, -0.2) is 16.7 Å². The van der Waals surface area contributed by atoms with Crippen molar-refractivity contribution in [1.29, 1.82) is 0 Å². The molecule has 1 aromatic carbocycles. The number of rotatable bonds is 4. The summed E-state index contributed by atoms with van der Waals surface area (Å²) < 4.78 is 21.7. The molecular weight excluding hydrogens is 357 g/mol. The van der Waals surface area contributed by atoms with E-state index in [-0.39, 0.29) is 5.75 Å². The highest BCUT2D eigenvalue weighted by molar-refractivity contribution is 9.11. The fourth-order valence-corrected chi connectivity index (χ4v) is 3.72. The molecule has 3 aromatic rings. The Hall–Kier alpha value is -1.60. The van der Waals surface area contributed by atoms with Crippen LogP contribution in [0.4, 0.5) is 10.3 Å². The smallest absolute Gasteiger partial charge is 0.201 e. The SMILES string of the molecule is COc1cc2c(cc1F)nc(N)n2CCc1ccc(Br)s1. The van der Waals surface area contributed by atoms with Crippen molar-refractivity contribution in [1.82, 2.24) is 9.55 Å². The number of nitrogens with two attached hydrogens (primary N) is 1. The first-order valence-corrected chi connectivity index (χ1v) is 7.93. The number of hydrogen-bond acceptors (Lipinski definition) is 4. The second kappa shape index (κ2) is 5.65. The lowest BCUT2D eigenvalue weighted by atomic mass is 10.2. The topological polar surface area (TPSA) is 53.1 Å². The van der Waals surface area contributed by atoms with Crippen LogP contribution in [0.1, 0.15) is 4.88 Å². The zero-order chi connectivity index (χ0) is 15.0. The van der Waals surface area contributed by atoms with Crippen molar-refractivity contribution in [2.24, 2.45) is 0 Å². The highest BCUT2D eigenvalue weighted by Gasteiger charge is 2.13. The van der Waals surface area contributed by atoms with Gasteiger partial charge in [0.2, 0.25) is 5.95 Å². The summed E-state index contributed by atoms with van der Waals surface area (Å²) in [6.45, 7) is 0.685. The molecule has 0 unspecified atom stereocenters. The Morgan fingerprint density at radius 1 is 1.43 bits per heavy atom. The first-order valence-electron chi connectivity index (χ1n) is 6.32. The Bertz CT molecular complexity index is 799. The van der Waals surface area contributed by atoms with E-state index in [9.17, 15) is 4.39 Å². The van der Waals surface area contributed by atoms with Crippen LogP contribution in [-0.2, 0) is 13.0 Å². The minimum absolute atomic E-state index is 0.197. The summed E-state index contributed by atoms with van der Waals surface area (Å²) in [5.41, 5.74) is 7.27. The number of ether oxygens (including phenoxy) is 1. The van der Waals surface area contributed by atoms with Gasteiger partial charge in [-0.2, -0.15) is 0 Å². The van der Waals surface area contributed by atoms with Gasteiger partial charge in [-0.3, -0.25) is 0 Å². The lowest BCUT2D eigenvalue weighted by Gasteiger charge is -2.07. The third kappa shape index (κ3) is 2.75. The number of benzene rings is 1. The Kier molecular flexibility index (Phi) is 3.86. The predicted octanol–water partition coefficient (Wildman–Crippen LogP) is 3.83. The van der Waals surface area contributed by atoms with Gasteiger partial charge in [-0.25, -0.2) is 9.37 Å². The lowest BCUT2D eigenvalue weighted by Crippen LogP contribution is -2.05. The molecule has 110 valence electrons. The summed E-state index contributed by atoms with van der Waals surface area (Å²) in [6, 6.07) is 7.08. The number of thiophene rings is 1. The maximum absolute atomic E-state index is 13.7. The largest absolute Gasteiger partial charge is 0.494 e. The third-order valence-electron chi connectivity index (χ3n) is 3.26. The first kappa shape index (κ1) is 14.3. The summed E-state index contributed by atoms with van der Waals surface area (Å²) in [4.78, 5) is 5.45. The van der Waals surface area contributed by atoms with Gasteiger partial charge < -0.3 is 15.0 Å². The van der Waals surface area contributed by atoms with Gasteiger partial charge in [-0.05, 0) is 34.5 Å². The van der Waals surface area contributed by atoms with E-state index in [0.717, 1.165) is 15.7 Å². The average Bonchev–Trinajstić information content (AvgIpc) is 2.98. The molecule has 3 rings (SSSR count). The molecule has 0 bridgehead atoms. The number of halogens is 2. The standard InChI is InChI=1S/C14H13BrFN3OS/c1-20-12-7-11-10(6-9(12)16)18-14(17)19(11)5-4-8-2-3-13(15)21-8/h2-3,6-7H,4-5H2,1H3,(H2,17,18). The van der Waals surface area contributed by atoms with Gasteiger partial charge in [-0.1, -0.05) is 0 Å². The highest BCUT2D eigenvalue weighted by atomic mass is 79.9. The van der Waals surface area contributed by atoms with Gasteiger partial charge in [-0.15, -0.1) is 11.3 Å². The first-order chi connectivity index (χ1) is 10.1. The van der Waals surface area contributed by atoms with Crippen LogP contribution in [0.5, 0.6) is 5.75 Å². The van der Waals surface area contributed by atoms with Gasteiger partial charge >= 0.3 is 0 Å². The van der Waals surface area contributed by atoms with Crippen LogP contribution in [0.25, 0.3) is 11.0 Å². The molecule has 2 N–H and O–H groups in total. The van der Waals surface area contributed by atoms with Crippen LogP contribution >= 0.6 is 27.3 Å². The fraction of sp³-hybridized carbons (Fsp3) is 0.214. The summed E-state index contributed by atoms with van der Waals surface area (Å²) in [6.07, 6.45) is 0.839. The Morgan fingerprint density at radius 2 is 2.24 bits per heavy atom. The van der Waals surface area contributed by atoms with Crippen molar-refractivity contribution in [3.63, 3.8) is 0 Å². The van der Waals surface area contributed by atoms with Crippen LogP contribution < -0.4 is 10.5 Å². The number of methoxy groups -OCH3 is 1. The minimum Gasteiger partial charge on any atom is -0.494 e. The quantitative estimate of drug-likeness (QED) is 0.760. The molecule has 21 heavy (non-hydrogen) atoms. The molecular formula is C14H13BrFN3OS. The number of nitrogen functional groups attached to an aromatic ring is 1. The highest BCUT2D eigenvalue weighted by Crippen LogP contribution is 2.27. The molecule has 7 heteroatoms. The Labute approximate surface area is 133 Å². The molecule has 0 fully saturated rings. The van der Waals surface area contributed by atoms with E-state index in [1.165, 1.54) is 18.1 Å². The lowest BCUT2D eigenvalue weighted by molar-refractivity contribution is 0.387. The van der Waals surface area contributed by atoms with Gasteiger partial charge in [0.15, 0.2) is 11.6 Å². The van der Waals surface area contributed by atoms with E-state index in [0.29, 0.717) is 18.0 Å². The number of nitrogens with zero attached hydrogens (tertiary/aromatic N) is 2. The summed E-state index contributed by atoms with van der Waals surface area (Å²) in [7, 11) is 1.44. The van der Waals surface area contributed by atoms with Gasteiger partial charge in [0, 0.05) is 23.6 Å². The molecule has 2 heterocycles. The summed E-state index contributed by atoms with van der Waals surface area (Å²) >= 11 is 5.14. The molecule has 0 aliphatic rings. The molecule has 0 atom stereocenters. The van der Waals surface area contributed by atoms with Crippen molar-refractivity contribution < 1.29 is 9.13 Å². The van der Waals surface area contributed by atoms with E-state index in [1.54, 1.807) is 17.4 Å². The normalized spacial score (nSPS) is 11.2. The van der Waals surface area contributed by atoms with Crippen molar-refractivity contribution in [3.05, 3.63) is 38.7 Å². The zero-order valence-corrected chi connectivity index (χ0v) is 13.7. The predicted molar refractivity (Wildman–Crippen MR) is 86.4 cm³/mol. The summed E-state index contributed by atoms with van der Waals surface area (Å²) in [5, 5.41) is 0. The van der Waals surface area contributed by atoms with E-state index >= 15 is 0 Å². The molecule has 0 amide bonds.